The van der Waals surface area contributed by atoms with Crippen LogP contribution in [0.4, 0.5) is 8.78 Å². The molecule has 1 saturated heterocycles. The van der Waals surface area contributed by atoms with E-state index in [0.717, 1.165) is 0 Å². The van der Waals surface area contributed by atoms with Crippen LogP contribution in [0, 0.1) is 5.92 Å². The summed E-state index contributed by atoms with van der Waals surface area (Å²) in [6.45, 7) is -1.07. The number of benzene rings is 1. The summed E-state index contributed by atoms with van der Waals surface area (Å²) in [6, 6.07) is 6.50. The number of hydrogen-bond acceptors (Lipinski definition) is 3. The van der Waals surface area contributed by atoms with Gasteiger partial charge in [0.25, 0.3) is 11.8 Å². The van der Waals surface area contributed by atoms with Crippen molar-refractivity contribution in [1.82, 2.24) is 4.90 Å². The highest BCUT2D eigenvalue weighted by molar-refractivity contribution is 6.30. The lowest BCUT2D eigenvalue weighted by molar-refractivity contribution is -0.150. The predicted molar refractivity (Wildman–Crippen MR) is 73.7 cm³/mol. The van der Waals surface area contributed by atoms with Crippen molar-refractivity contribution in [3.05, 3.63) is 29.3 Å². The summed E-state index contributed by atoms with van der Waals surface area (Å²) in [6.07, 6.45) is -0.440. The van der Waals surface area contributed by atoms with E-state index in [9.17, 15) is 13.6 Å². The molecule has 1 N–H and O–H groups in total. The number of hydrogen-bond donors (Lipinski definition) is 1. The molecule has 0 saturated carbocycles. The molecule has 1 amide bonds. The fourth-order valence-electron chi connectivity index (χ4n) is 2.16. The number of carbonyl (C=O) groups excluding carboxylic acids is 1. The average molecular weight is 320 g/mol. The molecule has 1 fully saturated rings. The SMILES string of the molecule is O=C(COc1ccc(Cl)cc1)N1CCC(F)(F)C(CO)C1. The second-order valence-corrected chi connectivity index (χ2v) is 5.41. The third-order valence-electron chi connectivity index (χ3n) is 3.50. The highest BCUT2D eigenvalue weighted by Gasteiger charge is 2.44. The molecule has 1 aliphatic rings. The Morgan fingerprint density at radius 2 is 2.10 bits per heavy atom. The number of alkyl halides is 2. The Morgan fingerprint density at radius 1 is 1.43 bits per heavy atom. The fraction of sp³-hybridized carbons (Fsp3) is 0.500. The maximum absolute atomic E-state index is 13.5. The molecule has 2 rings (SSSR count). The summed E-state index contributed by atoms with van der Waals surface area (Å²) in [5.41, 5.74) is 0. The number of halogens is 3. The van der Waals surface area contributed by atoms with Crippen molar-refractivity contribution in [2.45, 2.75) is 12.3 Å². The number of carbonyl (C=O) groups is 1. The minimum absolute atomic E-state index is 0.0354. The summed E-state index contributed by atoms with van der Waals surface area (Å²) in [4.78, 5) is 13.3. The van der Waals surface area contributed by atoms with E-state index in [1.165, 1.54) is 4.90 Å². The lowest BCUT2D eigenvalue weighted by atomic mass is 9.94. The van der Waals surface area contributed by atoms with Crippen LogP contribution in [0.25, 0.3) is 0 Å². The molecule has 0 aliphatic carbocycles. The van der Waals surface area contributed by atoms with Gasteiger partial charge in [-0.2, -0.15) is 0 Å². The highest BCUT2D eigenvalue weighted by atomic mass is 35.5. The largest absolute Gasteiger partial charge is 0.484 e. The van der Waals surface area contributed by atoms with Crippen LogP contribution in [0.15, 0.2) is 24.3 Å². The standard InChI is InChI=1S/C14H16ClF2NO3/c15-11-1-3-12(4-2-11)21-9-13(20)18-6-5-14(16,17)10(7-18)8-19/h1-4,10,19H,5-9H2. The number of piperidine rings is 1. The van der Waals surface area contributed by atoms with E-state index >= 15 is 0 Å². The molecule has 7 heteroatoms. The average Bonchev–Trinajstić information content (AvgIpc) is 2.46. The molecule has 1 atom stereocenters. The lowest BCUT2D eigenvalue weighted by Crippen LogP contribution is -2.51. The minimum atomic E-state index is -2.93. The Balaban J connectivity index is 1.87. The van der Waals surface area contributed by atoms with Gasteiger partial charge in [0.2, 0.25) is 0 Å². The van der Waals surface area contributed by atoms with Crippen LogP contribution in [-0.2, 0) is 4.79 Å². The number of amides is 1. The molecule has 1 heterocycles. The van der Waals surface area contributed by atoms with Crippen LogP contribution in [0.5, 0.6) is 5.75 Å². The maximum Gasteiger partial charge on any atom is 0.260 e. The van der Waals surface area contributed by atoms with E-state index in [0.29, 0.717) is 10.8 Å². The Morgan fingerprint density at radius 3 is 2.71 bits per heavy atom. The summed E-state index contributed by atoms with van der Waals surface area (Å²) in [7, 11) is 0. The summed E-state index contributed by atoms with van der Waals surface area (Å²) in [5, 5.41) is 9.55. The van der Waals surface area contributed by atoms with Crippen molar-refractivity contribution >= 4 is 17.5 Å². The number of aliphatic hydroxyl groups excluding tert-OH is 1. The second-order valence-electron chi connectivity index (χ2n) is 4.97. The molecule has 1 aromatic rings. The summed E-state index contributed by atoms with van der Waals surface area (Å²) >= 11 is 5.73. The number of nitrogens with zero attached hydrogens (tertiary/aromatic N) is 1. The number of rotatable bonds is 4. The van der Waals surface area contributed by atoms with Gasteiger partial charge < -0.3 is 14.7 Å². The summed E-state index contributed by atoms with van der Waals surface area (Å²) in [5.74, 6) is -4.04. The molecule has 1 unspecified atom stereocenters. The van der Waals surface area contributed by atoms with Gasteiger partial charge in [-0.1, -0.05) is 11.6 Å². The van der Waals surface area contributed by atoms with E-state index in [2.05, 4.69) is 0 Å². The van der Waals surface area contributed by atoms with Gasteiger partial charge in [-0.05, 0) is 24.3 Å². The first-order valence-corrected chi connectivity index (χ1v) is 6.95. The van der Waals surface area contributed by atoms with Crippen molar-refractivity contribution < 1.29 is 23.4 Å². The second kappa shape index (κ2) is 6.58. The van der Waals surface area contributed by atoms with Gasteiger partial charge in [0, 0.05) is 24.5 Å². The minimum Gasteiger partial charge on any atom is -0.484 e. The molecule has 21 heavy (non-hydrogen) atoms. The zero-order valence-corrected chi connectivity index (χ0v) is 12.0. The van der Waals surface area contributed by atoms with Crippen LogP contribution in [0.1, 0.15) is 6.42 Å². The molecule has 0 bridgehead atoms. The van der Waals surface area contributed by atoms with Crippen molar-refractivity contribution in [1.29, 1.82) is 0 Å². The van der Waals surface area contributed by atoms with E-state index in [1.54, 1.807) is 24.3 Å². The van der Waals surface area contributed by atoms with Gasteiger partial charge in [-0.3, -0.25) is 4.79 Å². The number of likely N-dealkylation sites (tertiary alicyclic amines) is 1. The van der Waals surface area contributed by atoms with E-state index in [-0.39, 0.29) is 25.6 Å². The van der Waals surface area contributed by atoms with Crippen molar-refractivity contribution in [3.8, 4) is 5.75 Å². The fourth-order valence-corrected chi connectivity index (χ4v) is 2.29. The monoisotopic (exact) mass is 319 g/mol. The van der Waals surface area contributed by atoms with Crippen LogP contribution in [0.2, 0.25) is 5.02 Å². The zero-order chi connectivity index (χ0) is 15.5. The molecule has 1 aromatic carbocycles. The summed E-state index contributed by atoms with van der Waals surface area (Å²) < 4.78 is 32.2. The first-order valence-electron chi connectivity index (χ1n) is 6.57. The van der Waals surface area contributed by atoms with Gasteiger partial charge in [0.1, 0.15) is 5.75 Å². The highest BCUT2D eigenvalue weighted by Crippen LogP contribution is 2.33. The first-order chi connectivity index (χ1) is 9.92. The third kappa shape index (κ3) is 4.04. The predicted octanol–water partition coefficient (Wildman–Crippen LogP) is 2.19. The normalized spacial score (nSPS) is 21.1. The molecule has 116 valence electrons. The lowest BCUT2D eigenvalue weighted by Gasteiger charge is -2.37. The third-order valence-corrected chi connectivity index (χ3v) is 3.75. The maximum atomic E-state index is 13.5. The van der Waals surface area contributed by atoms with Crippen molar-refractivity contribution in [2.24, 2.45) is 5.92 Å². The molecule has 0 aromatic heterocycles. The van der Waals surface area contributed by atoms with Crippen molar-refractivity contribution in [2.75, 3.05) is 26.3 Å². The smallest absolute Gasteiger partial charge is 0.260 e. The Kier molecular flexibility index (Phi) is 5.00. The Bertz CT molecular complexity index is 495. The molecular weight excluding hydrogens is 304 g/mol. The van der Waals surface area contributed by atoms with Crippen LogP contribution in [-0.4, -0.2) is 48.1 Å². The van der Waals surface area contributed by atoms with Gasteiger partial charge in [-0.15, -0.1) is 0 Å². The van der Waals surface area contributed by atoms with Crippen LogP contribution in [0.3, 0.4) is 0 Å². The van der Waals surface area contributed by atoms with E-state index in [1.807, 2.05) is 0 Å². The van der Waals surface area contributed by atoms with Gasteiger partial charge in [-0.25, -0.2) is 8.78 Å². The quantitative estimate of drug-likeness (QED) is 0.925. The van der Waals surface area contributed by atoms with Gasteiger partial charge >= 0.3 is 0 Å². The topological polar surface area (TPSA) is 49.8 Å². The molecule has 0 spiro atoms. The van der Waals surface area contributed by atoms with Gasteiger partial charge in [0.15, 0.2) is 6.61 Å². The van der Waals surface area contributed by atoms with Crippen molar-refractivity contribution in [3.63, 3.8) is 0 Å². The zero-order valence-electron chi connectivity index (χ0n) is 11.3. The molecule has 0 radical (unpaired) electrons. The molecule has 4 nitrogen and oxygen atoms in total. The number of aliphatic hydroxyl groups is 1. The Hall–Kier alpha value is -1.40. The van der Waals surface area contributed by atoms with Crippen LogP contribution < -0.4 is 4.74 Å². The molecular formula is C14H16ClF2NO3. The van der Waals surface area contributed by atoms with E-state index in [4.69, 9.17) is 21.4 Å². The van der Waals surface area contributed by atoms with Gasteiger partial charge in [0.05, 0.1) is 12.5 Å². The number of ether oxygens (including phenoxy) is 1. The first kappa shape index (κ1) is 16.0. The Labute approximate surface area is 126 Å². The van der Waals surface area contributed by atoms with E-state index < -0.39 is 24.9 Å². The van der Waals surface area contributed by atoms with Crippen LogP contribution >= 0.6 is 11.6 Å². The molecule has 1 aliphatic heterocycles.